The molecule has 156 valence electrons. The molecule has 7 heteroatoms. The highest BCUT2D eigenvalue weighted by atomic mass is 127. The second kappa shape index (κ2) is 14.4. The van der Waals surface area contributed by atoms with Gasteiger partial charge >= 0.3 is 0 Å². The standard InChI is InChI=1S/C21H32N4O2.HI/c1-4-22-21(24-16-20-25-17(2)18(3)27-20)23-13-8-9-14-26-15-12-19-10-6-5-7-11-19;/h5-7,10-11H,4,8-9,12-16H2,1-3H3,(H2,22,23,24);1H. The summed E-state index contributed by atoms with van der Waals surface area (Å²) in [6, 6.07) is 10.4. The summed E-state index contributed by atoms with van der Waals surface area (Å²) < 4.78 is 11.3. The number of ether oxygens (including phenoxy) is 1. The smallest absolute Gasteiger partial charge is 0.216 e. The highest BCUT2D eigenvalue weighted by Crippen LogP contribution is 2.08. The molecule has 1 aromatic carbocycles. The first-order chi connectivity index (χ1) is 13.2. The minimum Gasteiger partial charge on any atom is -0.444 e. The van der Waals surface area contributed by atoms with Crippen molar-refractivity contribution in [3.8, 4) is 0 Å². The maximum absolute atomic E-state index is 5.72. The van der Waals surface area contributed by atoms with E-state index in [1.165, 1.54) is 5.56 Å². The summed E-state index contributed by atoms with van der Waals surface area (Å²) in [7, 11) is 0. The van der Waals surface area contributed by atoms with E-state index in [0.717, 1.165) is 63.0 Å². The number of rotatable bonds is 11. The van der Waals surface area contributed by atoms with Crippen molar-refractivity contribution in [3.63, 3.8) is 0 Å². The zero-order chi connectivity index (χ0) is 19.3. The maximum Gasteiger partial charge on any atom is 0.216 e. The predicted octanol–water partition coefficient (Wildman–Crippen LogP) is 4.00. The van der Waals surface area contributed by atoms with Gasteiger partial charge in [-0.3, -0.25) is 0 Å². The lowest BCUT2D eigenvalue weighted by molar-refractivity contribution is 0.133. The third-order valence-corrected chi connectivity index (χ3v) is 4.18. The summed E-state index contributed by atoms with van der Waals surface area (Å²) in [5.74, 6) is 2.29. The predicted molar refractivity (Wildman–Crippen MR) is 124 cm³/mol. The number of hydrogen-bond donors (Lipinski definition) is 2. The Morgan fingerprint density at radius 3 is 2.57 bits per heavy atom. The SMILES string of the molecule is CCNC(=NCc1nc(C)c(C)o1)NCCCCOCCc1ccccc1.I. The molecule has 2 N–H and O–H groups in total. The van der Waals surface area contributed by atoms with Gasteiger partial charge in [0.1, 0.15) is 12.3 Å². The lowest BCUT2D eigenvalue weighted by atomic mass is 10.2. The number of unbranched alkanes of at least 4 members (excludes halogenated alkanes) is 1. The second-order valence-corrected chi connectivity index (χ2v) is 6.43. The molecule has 2 rings (SSSR count). The van der Waals surface area contributed by atoms with E-state index in [9.17, 15) is 0 Å². The van der Waals surface area contributed by atoms with E-state index < -0.39 is 0 Å². The number of nitrogens with zero attached hydrogens (tertiary/aromatic N) is 2. The van der Waals surface area contributed by atoms with E-state index in [4.69, 9.17) is 9.15 Å². The molecule has 0 bridgehead atoms. The quantitative estimate of drug-likeness (QED) is 0.211. The second-order valence-electron chi connectivity index (χ2n) is 6.43. The van der Waals surface area contributed by atoms with Crippen molar-refractivity contribution in [1.82, 2.24) is 15.6 Å². The van der Waals surface area contributed by atoms with Crippen molar-refractivity contribution in [2.45, 2.75) is 46.6 Å². The van der Waals surface area contributed by atoms with Gasteiger partial charge in [-0.25, -0.2) is 9.98 Å². The van der Waals surface area contributed by atoms with Crippen molar-refractivity contribution in [3.05, 3.63) is 53.2 Å². The Kier molecular flexibility index (Phi) is 12.6. The molecular weight excluding hydrogens is 467 g/mol. The summed E-state index contributed by atoms with van der Waals surface area (Å²) in [6.45, 7) is 9.59. The van der Waals surface area contributed by atoms with Crippen LogP contribution in [0.4, 0.5) is 0 Å². The maximum atomic E-state index is 5.72. The molecular formula is C21H33IN4O2. The normalized spacial score (nSPS) is 11.2. The van der Waals surface area contributed by atoms with Crippen LogP contribution in [0.3, 0.4) is 0 Å². The van der Waals surface area contributed by atoms with E-state index in [1.54, 1.807) is 0 Å². The van der Waals surface area contributed by atoms with Crippen LogP contribution in [0.15, 0.2) is 39.7 Å². The van der Waals surface area contributed by atoms with Crippen LogP contribution in [0.2, 0.25) is 0 Å². The Hall–Kier alpha value is -1.61. The first-order valence-corrected chi connectivity index (χ1v) is 9.75. The number of aryl methyl sites for hydroxylation is 2. The molecule has 28 heavy (non-hydrogen) atoms. The summed E-state index contributed by atoms with van der Waals surface area (Å²) in [5, 5.41) is 6.58. The Balaban J connectivity index is 0.00000392. The minimum absolute atomic E-state index is 0. The number of oxazole rings is 1. The number of benzene rings is 1. The van der Waals surface area contributed by atoms with Crippen LogP contribution in [-0.2, 0) is 17.7 Å². The third-order valence-electron chi connectivity index (χ3n) is 4.18. The molecule has 0 fully saturated rings. The molecule has 1 aromatic heterocycles. The Labute approximate surface area is 185 Å². The monoisotopic (exact) mass is 500 g/mol. The van der Waals surface area contributed by atoms with E-state index in [0.29, 0.717) is 12.4 Å². The Bertz CT molecular complexity index is 669. The van der Waals surface area contributed by atoms with Gasteiger partial charge in [-0.1, -0.05) is 30.3 Å². The molecule has 0 unspecified atom stereocenters. The molecule has 6 nitrogen and oxygen atoms in total. The van der Waals surface area contributed by atoms with Gasteiger partial charge in [-0.2, -0.15) is 0 Å². The number of aliphatic imine (C=N–C) groups is 1. The van der Waals surface area contributed by atoms with Crippen LogP contribution in [0.5, 0.6) is 0 Å². The molecule has 0 saturated heterocycles. The van der Waals surface area contributed by atoms with Crippen molar-refractivity contribution in [1.29, 1.82) is 0 Å². The molecule has 2 aromatic rings. The number of halogens is 1. The van der Waals surface area contributed by atoms with Crippen LogP contribution >= 0.6 is 24.0 Å². The average molecular weight is 500 g/mol. The molecule has 0 atom stereocenters. The van der Waals surface area contributed by atoms with Gasteiger partial charge in [0.05, 0.1) is 12.3 Å². The fraction of sp³-hybridized carbons (Fsp3) is 0.524. The molecule has 0 spiro atoms. The highest BCUT2D eigenvalue weighted by Gasteiger charge is 2.05. The molecule has 0 radical (unpaired) electrons. The van der Waals surface area contributed by atoms with Crippen LogP contribution in [0.1, 0.15) is 42.7 Å². The van der Waals surface area contributed by atoms with E-state index >= 15 is 0 Å². The zero-order valence-electron chi connectivity index (χ0n) is 17.2. The summed E-state index contributed by atoms with van der Waals surface area (Å²) in [5.41, 5.74) is 2.24. The number of aromatic nitrogens is 1. The minimum atomic E-state index is 0. The number of hydrogen-bond acceptors (Lipinski definition) is 4. The fourth-order valence-corrected chi connectivity index (χ4v) is 2.57. The van der Waals surface area contributed by atoms with E-state index in [-0.39, 0.29) is 24.0 Å². The molecule has 0 amide bonds. The number of guanidine groups is 1. The lowest BCUT2D eigenvalue weighted by Crippen LogP contribution is -2.37. The molecule has 0 aliphatic carbocycles. The highest BCUT2D eigenvalue weighted by molar-refractivity contribution is 14.0. The van der Waals surface area contributed by atoms with Gasteiger partial charge in [0.15, 0.2) is 5.96 Å². The third kappa shape index (κ3) is 9.54. The van der Waals surface area contributed by atoms with Crippen LogP contribution in [-0.4, -0.2) is 37.2 Å². The molecule has 1 heterocycles. The van der Waals surface area contributed by atoms with Crippen LogP contribution < -0.4 is 10.6 Å². The van der Waals surface area contributed by atoms with Gasteiger partial charge in [0.2, 0.25) is 5.89 Å². The zero-order valence-corrected chi connectivity index (χ0v) is 19.5. The summed E-state index contributed by atoms with van der Waals surface area (Å²) >= 11 is 0. The van der Waals surface area contributed by atoms with Gasteiger partial charge in [-0.15, -0.1) is 24.0 Å². The molecule has 0 aliphatic rings. The largest absolute Gasteiger partial charge is 0.444 e. The summed E-state index contributed by atoms with van der Waals surface area (Å²) in [6.07, 6.45) is 3.03. The van der Waals surface area contributed by atoms with Crippen LogP contribution in [0.25, 0.3) is 0 Å². The molecule has 0 aliphatic heterocycles. The Morgan fingerprint density at radius 1 is 1.11 bits per heavy atom. The lowest BCUT2D eigenvalue weighted by Gasteiger charge is -2.11. The van der Waals surface area contributed by atoms with Crippen molar-refractivity contribution in [2.24, 2.45) is 4.99 Å². The van der Waals surface area contributed by atoms with Gasteiger partial charge in [0, 0.05) is 19.7 Å². The van der Waals surface area contributed by atoms with Crippen molar-refractivity contribution >= 4 is 29.9 Å². The van der Waals surface area contributed by atoms with Crippen LogP contribution in [0, 0.1) is 13.8 Å². The number of nitrogens with one attached hydrogen (secondary N) is 2. The van der Waals surface area contributed by atoms with Gasteiger partial charge in [0.25, 0.3) is 0 Å². The van der Waals surface area contributed by atoms with Gasteiger partial charge in [-0.05, 0) is 45.6 Å². The fourth-order valence-electron chi connectivity index (χ4n) is 2.57. The first-order valence-electron chi connectivity index (χ1n) is 9.75. The van der Waals surface area contributed by atoms with Gasteiger partial charge < -0.3 is 19.8 Å². The van der Waals surface area contributed by atoms with E-state index in [1.807, 2.05) is 19.9 Å². The average Bonchev–Trinajstić information content (AvgIpc) is 3.00. The Morgan fingerprint density at radius 2 is 1.89 bits per heavy atom. The molecule has 0 saturated carbocycles. The topological polar surface area (TPSA) is 71.7 Å². The van der Waals surface area contributed by atoms with Crippen molar-refractivity contribution < 1.29 is 9.15 Å². The first kappa shape index (κ1) is 24.4. The van der Waals surface area contributed by atoms with E-state index in [2.05, 4.69) is 51.8 Å². The van der Waals surface area contributed by atoms with Crippen molar-refractivity contribution in [2.75, 3.05) is 26.3 Å². The summed E-state index contributed by atoms with van der Waals surface area (Å²) in [4.78, 5) is 8.88.